The first-order chi connectivity index (χ1) is 7.24. The normalized spacial score (nSPS) is 10.6. The Morgan fingerprint density at radius 2 is 2.13 bits per heavy atom. The summed E-state index contributed by atoms with van der Waals surface area (Å²) in [6, 6.07) is 4.59. The standard InChI is InChI=1S/C11H14BrFO2/c1-14-5-2-6-15-8-9-3-4-10(13)7-11(9)12/h3-4,7H,2,5-6,8H2,1H3. The molecule has 0 spiro atoms. The molecule has 15 heavy (non-hydrogen) atoms. The van der Waals surface area contributed by atoms with Gasteiger partial charge in [-0.3, -0.25) is 0 Å². The molecule has 0 fully saturated rings. The van der Waals surface area contributed by atoms with Gasteiger partial charge in [-0.2, -0.15) is 0 Å². The summed E-state index contributed by atoms with van der Waals surface area (Å²) in [5.41, 5.74) is 0.953. The fourth-order valence-electron chi connectivity index (χ4n) is 1.13. The van der Waals surface area contributed by atoms with Gasteiger partial charge in [-0.25, -0.2) is 4.39 Å². The SMILES string of the molecule is COCCCOCc1ccc(F)cc1Br. The van der Waals surface area contributed by atoms with E-state index >= 15 is 0 Å². The minimum Gasteiger partial charge on any atom is -0.385 e. The van der Waals surface area contributed by atoms with E-state index in [-0.39, 0.29) is 5.82 Å². The van der Waals surface area contributed by atoms with E-state index in [1.165, 1.54) is 12.1 Å². The Morgan fingerprint density at radius 3 is 2.80 bits per heavy atom. The number of rotatable bonds is 6. The van der Waals surface area contributed by atoms with Crippen LogP contribution in [0, 0.1) is 5.82 Å². The van der Waals surface area contributed by atoms with E-state index in [9.17, 15) is 4.39 Å². The van der Waals surface area contributed by atoms with Gasteiger partial charge in [0.15, 0.2) is 0 Å². The van der Waals surface area contributed by atoms with Crippen molar-refractivity contribution in [2.45, 2.75) is 13.0 Å². The van der Waals surface area contributed by atoms with E-state index in [0.717, 1.165) is 16.5 Å². The molecule has 0 amide bonds. The van der Waals surface area contributed by atoms with Crippen molar-refractivity contribution >= 4 is 15.9 Å². The van der Waals surface area contributed by atoms with Crippen LogP contribution < -0.4 is 0 Å². The van der Waals surface area contributed by atoms with Crippen LogP contribution in [0.25, 0.3) is 0 Å². The van der Waals surface area contributed by atoms with Crippen LogP contribution in [0.2, 0.25) is 0 Å². The predicted molar refractivity (Wildman–Crippen MR) is 60.2 cm³/mol. The Hall–Kier alpha value is -0.450. The quantitative estimate of drug-likeness (QED) is 0.744. The molecule has 0 aromatic heterocycles. The van der Waals surface area contributed by atoms with E-state index in [0.29, 0.717) is 19.8 Å². The van der Waals surface area contributed by atoms with Crippen molar-refractivity contribution in [3.63, 3.8) is 0 Å². The van der Waals surface area contributed by atoms with Crippen LogP contribution in [-0.4, -0.2) is 20.3 Å². The Bertz CT molecular complexity index is 305. The number of benzene rings is 1. The molecule has 0 aliphatic carbocycles. The fourth-order valence-corrected chi connectivity index (χ4v) is 1.59. The zero-order valence-corrected chi connectivity index (χ0v) is 10.2. The monoisotopic (exact) mass is 276 g/mol. The Kier molecular flexibility index (Phi) is 5.83. The Labute approximate surface area is 97.5 Å². The summed E-state index contributed by atoms with van der Waals surface area (Å²) < 4.78 is 23.8. The van der Waals surface area contributed by atoms with Crippen LogP contribution >= 0.6 is 15.9 Å². The van der Waals surface area contributed by atoms with Gasteiger partial charge < -0.3 is 9.47 Å². The largest absolute Gasteiger partial charge is 0.385 e. The number of hydrogen-bond acceptors (Lipinski definition) is 2. The zero-order valence-electron chi connectivity index (χ0n) is 8.63. The lowest BCUT2D eigenvalue weighted by Crippen LogP contribution is -2.00. The number of halogens is 2. The lowest BCUT2D eigenvalue weighted by Gasteiger charge is -2.06. The van der Waals surface area contributed by atoms with Crippen LogP contribution in [-0.2, 0) is 16.1 Å². The third kappa shape index (κ3) is 4.73. The van der Waals surface area contributed by atoms with Crippen molar-refractivity contribution in [3.05, 3.63) is 34.1 Å². The molecule has 0 saturated carbocycles. The first-order valence-corrected chi connectivity index (χ1v) is 5.54. The molecule has 1 aromatic carbocycles. The van der Waals surface area contributed by atoms with Gasteiger partial charge in [0, 0.05) is 24.8 Å². The highest BCUT2D eigenvalue weighted by atomic mass is 79.9. The highest BCUT2D eigenvalue weighted by Gasteiger charge is 2.01. The van der Waals surface area contributed by atoms with Crippen LogP contribution in [0.4, 0.5) is 4.39 Å². The van der Waals surface area contributed by atoms with Gasteiger partial charge in [-0.1, -0.05) is 22.0 Å². The number of ether oxygens (including phenoxy) is 2. The molecule has 0 N–H and O–H groups in total. The second-order valence-corrected chi connectivity index (χ2v) is 3.99. The average Bonchev–Trinajstić information content (AvgIpc) is 2.20. The fraction of sp³-hybridized carbons (Fsp3) is 0.455. The summed E-state index contributed by atoms with van der Waals surface area (Å²) in [7, 11) is 1.66. The molecule has 84 valence electrons. The summed E-state index contributed by atoms with van der Waals surface area (Å²) >= 11 is 3.29. The molecule has 2 nitrogen and oxygen atoms in total. The van der Waals surface area contributed by atoms with Crippen LogP contribution in [0.5, 0.6) is 0 Å². The molecule has 4 heteroatoms. The molecule has 0 aliphatic heterocycles. The predicted octanol–water partition coefficient (Wildman–Crippen LogP) is 3.14. The maximum Gasteiger partial charge on any atom is 0.124 e. The van der Waals surface area contributed by atoms with Gasteiger partial charge >= 0.3 is 0 Å². The van der Waals surface area contributed by atoms with Crippen molar-refractivity contribution in [2.24, 2.45) is 0 Å². The van der Waals surface area contributed by atoms with E-state index in [2.05, 4.69) is 15.9 Å². The summed E-state index contributed by atoms with van der Waals surface area (Å²) in [6.07, 6.45) is 0.870. The topological polar surface area (TPSA) is 18.5 Å². The van der Waals surface area contributed by atoms with Crippen molar-refractivity contribution in [2.75, 3.05) is 20.3 Å². The summed E-state index contributed by atoms with van der Waals surface area (Å²) in [5.74, 6) is -0.245. The van der Waals surface area contributed by atoms with E-state index in [4.69, 9.17) is 9.47 Å². The van der Waals surface area contributed by atoms with Gasteiger partial charge in [0.1, 0.15) is 5.82 Å². The molecule has 1 rings (SSSR count). The van der Waals surface area contributed by atoms with Crippen molar-refractivity contribution in [1.29, 1.82) is 0 Å². The molecule has 0 radical (unpaired) electrons. The molecule has 0 unspecified atom stereocenters. The van der Waals surface area contributed by atoms with E-state index < -0.39 is 0 Å². The minimum absolute atomic E-state index is 0.245. The first kappa shape index (κ1) is 12.6. The summed E-state index contributed by atoms with van der Waals surface area (Å²) in [6.45, 7) is 1.84. The molecular weight excluding hydrogens is 263 g/mol. The van der Waals surface area contributed by atoms with Gasteiger partial charge in [-0.05, 0) is 24.1 Å². The summed E-state index contributed by atoms with van der Waals surface area (Å²) in [5, 5.41) is 0. The number of methoxy groups -OCH3 is 1. The summed E-state index contributed by atoms with van der Waals surface area (Å²) in [4.78, 5) is 0. The molecule has 1 aromatic rings. The average molecular weight is 277 g/mol. The zero-order chi connectivity index (χ0) is 11.1. The second kappa shape index (κ2) is 6.93. The molecular formula is C11H14BrFO2. The van der Waals surface area contributed by atoms with Gasteiger partial charge in [0.2, 0.25) is 0 Å². The molecule has 0 aliphatic rings. The van der Waals surface area contributed by atoms with Gasteiger partial charge in [-0.15, -0.1) is 0 Å². The Morgan fingerprint density at radius 1 is 1.33 bits per heavy atom. The maximum absolute atomic E-state index is 12.7. The first-order valence-electron chi connectivity index (χ1n) is 4.74. The highest BCUT2D eigenvalue weighted by Crippen LogP contribution is 2.18. The maximum atomic E-state index is 12.7. The minimum atomic E-state index is -0.245. The lowest BCUT2D eigenvalue weighted by atomic mass is 10.2. The van der Waals surface area contributed by atoms with E-state index in [1.807, 2.05) is 0 Å². The van der Waals surface area contributed by atoms with E-state index in [1.54, 1.807) is 13.2 Å². The van der Waals surface area contributed by atoms with Crippen LogP contribution in [0.15, 0.2) is 22.7 Å². The number of hydrogen-bond donors (Lipinski definition) is 0. The third-order valence-corrected chi connectivity index (χ3v) is 2.65. The van der Waals surface area contributed by atoms with Crippen LogP contribution in [0.1, 0.15) is 12.0 Å². The molecule has 0 saturated heterocycles. The third-order valence-electron chi connectivity index (χ3n) is 1.91. The second-order valence-electron chi connectivity index (χ2n) is 3.13. The molecule has 0 heterocycles. The van der Waals surface area contributed by atoms with Crippen molar-refractivity contribution in [3.8, 4) is 0 Å². The van der Waals surface area contributed by atoms with Crippen molar-refractivity contribution < 1.29 is 13.9 Å². The smallest absolute Gasteiger partial charge is 0.124 e. The molecule has 0 atom stereocenters. The lowest BCUT2D eigenvalue weighted by molar-refractivity contribution is 0.0925. The Balaban J connectivity index is 2.31. The molecule has 0 bridgehead atoms. The highest BCUT2D eigenvalue weighted by molar-refractivity contribution is 9.10. The van der Waals surface area contributed by atoms with Gasteiger partial charge in [0.05, 0.1) is 6.61 Å². The van der Waals surface area contributed by atoms with Crippen molar-refractivity contribution in [1.82, 2.24) is 0 Å². The van der Waals surface area contributed by atoms with Gasteiger partial charge in [0.25, 0.3) is 0 Å². The van der Waals surface area contributed by atoms with Crippen LogP contribution in [0.3, 0.4) is 0 Å².